The van der Waals surface area contributed by atoms with Gasteiger partial charge >= 0.3 is 0 Å². The van der Waals surface area contributed by atoms with Crippen LogP contribution in [-0.4, -0.2) is 14.8 Å². The van der Waals surface area contributed by atoms with Crippen LogP contribution in [0, 0.1) is 5.41 Å². The fourth-order valence-corrected chi connectivity index (χ4v) is 0.138. The van der Waals surface area contributed by atoms with Crippen LogP contribution in [0.25, 0.3) is 0 Å². The summed E-state index contributed by atoms with van der Waals surface area (Å²) in [5.41, 5.74) is 0. The highest BCUT2D eigenvalue weighted by molar-refractivity contribution is 5.75. The first-order chi connectivity index (χ1) is 3.41. The van der Waals surface area contributed by atoms with Crippen LogP contribution in [0.15, 0.2) is 22.5 Å². The van der Waals surface area contributed by atoms with Crippen LogP contribution in [-0.2, 0) is 0 Å². The van der Waals surface area contributed by atoms with E-state index in [1.54, 1.807) is 6.08 Å². The molecule has 0 saturated carbocycles. The highest BCUT2D eigenvalue weighted by Gasteiger charge is 1.53. The topological polar surface area (TPSA) is 48.6 Å². The average molecular weight is 108 g/mol. The molecule has 0 aliphatic heterocycles. The number of nitrogens with one attached hydrogen (secondary N) is 1. The largest absolute Gasteiger partial charge is 0.288 e. The molecule has 0 amide bonds. The minimum atomic E-state index is 0. The lowest BCUT2D eigenvalue weighted by molar-refractivity contribution is 1.27. The van der Waals surface area contributed by atoms with Crippen LogP contribution < -0.4 is 0 Å². The van der Waals surface area contributed by atoms with Gasteiger partial charge in [0.25, 0.3) is 0 Å². The SMILES string of the molecule is C/C=C\N=NC=N.[B]. The van der Waals surface area contributed by atoms with E-state index in [0.717, 1.165) is 6.34 Å². The predicted octanol–water partition coefficient (Wildman–Crippen LogP) is 1.20. The van der Waals surface area contributed by atoms with Gasteiger partial charge in [0, 0.05) is 14.6 Å². The van der Waals surface area contributed by atoms with Gasteiger partial charge in [0.2, 0.25) is 0 Å². The molecule has 0 aliphatic rings. The molecule has 0 aromatic carbocycles. The molecule has 0 saturated heterocycles. The van der Waals surface area contributed by atoms with Gasteiger partial charge in [-0.1, -0.05) is 6.08 Å². The second kappa shape index (κ2) is 9.42. The zero-order chi connectivity index (χ0) is 5.54. The first-order valence-electron chi connectivity index (χ1n) is 1.92. The lowest BCUT2D eigenvalue weighted by atomic mass is 10.7. The molecule has 0 bridgehead atoms. The molecule has 0 heterocycles. The maximum absolute atomic E-state index is 6.36. The Kier molecular flexibility index (Phi) is 11.9. The van der Waals surface area contributed by atoms with Gasteiger partial charge in [-0.2, -0.15) is 5.11 Å². The van der Waals surface area contributed by atoms with Crippen molar-refractivity contribution in [1.82, 2.24) is 0 Å². The molecular formula is C4H7BN3. The third kappa shape index (κ3) is 8.91. The van der Waals surface area contributed by atoms with Crippen molar-refractivity contribution in [2.75, 3.05) is 0 Å². The second-order valence-electron chi connectivity index (χ2n) is 0.842. The summed E-state index contributed by atoms with van der Waals surface area (Å²) in [4.78, 5) is 0. The van der Waals surface area contributed by atoms with E-state index in [0.29, 0.717) is 0 Å². The summed E-state index contributed by atoms with van der Waals surface area (Å²) in [7, 11) is 0. The van der Waals surface area contributed by atoms with Crippen LogP contribution in [0.2, 0.25) is 0 Å². The summed E-state index contributed by atoms with van der Waals surface area (Å²) in [6, 6.07) is 0. The fraction of sp³-hybridized carbons (Fsp3) is 0.250. The molecule has 0 fully saturated rings. The molecule has 1 N–H and O–H groups in total. The Hall–Kier alpha value is -0.925. The standard InChI is InChI=1S/C4H7N3.B/c1-2-3-6-7-4-5;/h2-5H,1H3;/b3-2-,5-4?,7-6?;. The minimum absolute atomic E-state index is 0. The zero-order valence-electron chi connectivity index (χ0n) is 4.70. The van der Waals surface area contributed by atoms with Crippen molar-refractivity contribution in [1.29, 1.82) is 5.41 Å². The smallest absolute Gasteiger partial charge is 0.129 e. The molecule has 0 spiro atoms. The molecule has 0 atom stereocenters. The van der Waals surface area contributed by atoms with E-state index in [1.807, 2.05) is 6.92 Å². The maximum Gasteiger partial charge on any atom is 0.129 e. The molecule has 0 aliphatic carbocycles. The molecule has 4 heteroatoms. The molecule has 0 rings (SSSR count). The third-order valence-electron chi connectivity index (χ3n) is 0.340. The van der Waals surface area contributed by atoms with Crippen molar-refractivity contribution in [2.24, 2.45) is 10.2 Å². The summed E-state index contributed by atoms with van der Waals surface area (Å²) >= 11 is 0. The normalized spacial score (nSPS) is 9.62. The van der Waals surface area contributed by atoms with Gasteiger partial charge in [-0.25, -0.2) is 0 Å². The van der Waals surface area contributed by atoms with E-state index >= 15 is 0 Å². The third-order valence-corrected chi connectivity index (χ3v) is 0.340. The molecule has 3 radical (unpaired) electrons. The molecule has 8 heavy (non-hydrogen) atoms. The van der Waals surface area contributed by atoms with E-state index in [9.17, 15) is 0 Å². The molecule has 3 nitrogen and oxygen atoms in total. The Morgan fingerprint density at radius 1 is 1.38 bits per heavy atom. The maximum atomic E-state index is 6.36. The Morgan fingerprint density at radius 2 is 2.00 bits per heavy atom. The van der Waals surface area contributed by atoms with E-state index in [-0.39, 0.29) is 8.41 Å². The minimum Gasteiger partial charge on any atom is -0.288 e. The Bertz CT molecular complexity index is 97.5. The quantitative estimate of drug-likeness (QED) is 0.239. The Morgan fingerprint density at radius 3 is 2.38 bits per heavy atom. The number of azo groups is 1. The van der Waals surface area contributed by atoms with Crippen LogP contribution in [0.1, 0.15) is 6.92 Å². The monoisotopic (exact) mass is 108 g/mol. The lowest BCUT2D eigenvalue weighted by Crippen LogP contribution is -1.50. The van der Waals surface area contributed by atoms with Crippen molar-refractivity contribution in [3.05, 3.63) is 12.3 Å². The summed E-state index contributed by atoms with van der Waals surface area (Å²) < 4.78 is 0. The molecule has 0 unspecified atom stereocenters. The summed E-state index contributed by atoms with van der Waals surface area (Å²) in [5, 5.41) is 13.0. The summed E-state index contributed by atoms with van der Waals surface area (Å²) in [6.45, 7) is 1.84. The van der Waals surface area contributed by atoms with E-state index < -0.39 is 0 Å². The van der Waals surface area contributed by atoms with Gasteiger partial charge in [0.15, 0.2) is 0 Å². The summed E-state index contributed by atoms with van der Waals surface area (Å²) in [5.74, 6) is 0. The predicted molar refractivity (Wildman–Crippen MR) is 34.2 cm³/mol. The molecular weight excluding hydrogens is 101 g/mol. The van der Waals surface area contributed by atoms with Gasteiger partial charge in [-0.3, -0.25) is 5.41 Å². The van der Waals surface area contributed by atoms with Gasteiger partial charge in [-0.15, -0.1) is 5.11 Å². The van der Waals surface area contributed by atoms with E-state index in [2.05, 4.69) is 10.2 Å². The fourth-order valence-electron chi connectivity index (χ4n) is 0.138. The number of hydrogen-bond acceptors (Lipinski definition) is 2. The Balaban J connectivity index is 0. The molecule has 0 aromatic heterocycles. The van der Waals surface area contributed by atoms with E-state index in [4.69, 9.17) is 5.41 Å². The average Bonchev–Trinajstić information content (AvgIpc) is 1.69. The first-order valence-corrected chi connectivity index (χ1v) is 1.92. The summed E-state index contributed by atoms with van der Waals surface area (Å²) in [6.07, 6.45) is 4.15. The van der Waals surface area contributed by atoms with Gasteiger partial charge in [-0.05, 0) is 6.92 Å². The van der Waals surface area contributed by atoms with Gasteiger partial charge in [0.1, 0.15) is 6.34 Å². The second-order valence-corrected chi connectivity index (χ2v) is 0.842. The van der Waals surface area contributed by atoms with Crippen molar-refractivity contribution >= 4 is 14.8 Å². The zero-order valence-corrected chi connectivity index (χ0v) is 4.70. The van der Waals surface area contributed by atoms with Crippen LogP contribution in [0.3, 0.4) is 0 Å². The van der Waals surface area contributed by atoms with Crippen molar-refractivity contribution in [3.8, 4) is 0 Å². The van der Waals surface area contributed by atoms with Crippen molar-refractivity contribution in [3.63, 3.8) is 0 Å². The number of rotatable bonds is 2. The molecule has 41 valence electrons. The molecule has 0 aromatic rings. The van der Waals surface area contributed by atoms with Crippen LogP contribution in [0.5, 0.6) is 0 Å². The lowest BCUT2D eigenvalue weighted by Gasteiger charge is -1.64. The highest BCUT2D eigenvalue weighted by atomic mass is 15.1. The van der Waals surface area contributed by atoms with Crippen molar-refractivity contribution in [2.45, 2.75) is 6.92 Å². The van der Waals surface area contributed by atoms with E-state index in [1.165, 1.54) is 6.20 Å². The number of hydrogen-bond donors (Lipinski definition) is 1. The van der Waals surface area contributed by atoms with Gasteiger partial charge < -0.3 is 0 Å². The van der Waals surface area contributed by atoms with Crippen molar-refractivity contribution < 1.29 is 0 Å². The van der Waals surface area contributed by atoms with Crippen LogP contribution in [0.4, 0.5) is 0 Å². The first kappa shape index (κ1) is 10.1. The number of nitrogens with zero attached hydrogens (tertiary/aromatic N) is 2. The van der Waals surface area contributed by atoms with Gasteiger partial charge in [0.05, 0.1) is 0 Å². The Labute approximate surface area is 50.6 Å². The number of allylic oxidation sites excluding steroid dienone is 1. The van der Waals surface area contributed by atoms with Crippen LogP contribution >= 0.6 is 0 Å². The highest BCUT2D eigenvalue weighted by Crippen LogP contribution is 1.71.